The Kier molecular flexibility index (Phi) is 6.42. The number of nitrogens with zero attached hydrogens (tertiary/aromatic N) is 2. The third-order valence-corrected chi connectivity index (χ3v) is 6.31. The Morgan fingerprint density at radius 1 is 1.28 bits per heavy atom. The smallest absolute Gasteiger partial charge is 0.243 e. The van der Waals surface area contributed by atoms with E-state index in [0.717, 1.165) is 29.7 Å². The summed E-state index contributed by atoms with van der Waals surface area (Å²) in [4.78, 5) is 32.8. The molecule has 0 radical (unpaired) electrons. The molecule has 2 aromatic rings. The van der Waals surface area contributed by atoms with Crippen molar-refractivity contribution in [2.45, 2.75) is 66.0 Å². The van der Waals surface area contributed by atoms with Crippen molar-refractivity contribution >= 4 is 23.2 Å². The highest BCUT2D eigenvalue weighted by Crippen LogP contribution is 2.29. The number of likely N-dealkylation sites (tertiary alicyclic amines) is 1. The summed E-state index contributed by atoms with van der Waals surface area (Å²) in [7, 11) is 0. The zero-order valence-corrected chi connectivity index (χ0v) is 18.8. The quantitative estimate of drug-likeness (QED) is 0.771. The van der Waals surface area contributed by atoms with Crippen LogP contribution < -0.4 is 5.32 Å². The molecule has 5 nitrogen and oxygen atoms in total. The molecule has 29 heavy (non-hydrogen) atoms. The van der Waals surface area contributed by atoms with Gasteiger partial charge in [0, 0.05) is 13.0 Å². The van der Waals surface area contributed by atoms with Gasteiger partial charge in [-0.3, -0.25) is 9.59 Å². The normalized spacial score (nSPS) is 18.0. The van der Waals surface area contributed by atoms with Gasteiger partial charge >= 0.3 is 0 Å². The van der Waals surface area contributed by atoms with Crippen LogP contribution >= 0.6 is 11.3 Å². The van der Waals surface area contributed by atoms with Crippen LogP contribution in [0.15, 0.2) is 29.8 Å². The third-order valence-electron chi connectivity index (χ3n) is 5.33. The molecule has 1 aromatic heterocycles. The maximum atomic E-state index is 12.9. The van der Waals surface area contributed by atoms with Gasteiger partial charge in [-0.05, 0) is 43.2 Å². The number of benzene rings is 1. The Bertz CT molecular complexity index is 867. The number of amides is 2. The number of hydrogen-bond donors (Lipinski definition) is 1. The first-order valence-electron chi connectivity index (χ1n) is 10.3. The van der Waals surface area contributed by atoms with Crippen LogP contribution in [0.5, 0.6) is 0 Å². The van der Waals surface area contributed by atoms with Crippen LogP contribution in [0.3, 0.4) is 0 Å². The van der Waals surface area contributed by atoms with Gasteiger partial charge in [0.15, 0.2) is 0 Å². The van der Waals surface area contributed by atoms with Crippen LogP contribution in [0.4, 0.5) is 0 Å². The molecular weight excluding hydrogens is 382 g/mol. The van der Waals surface area contributed by atoms with E-state index < -0.39 is 0 Å². The minimum Gasteiger partial charge on any atom is -0.348 e. The Hall–Kier alpha value is -2.21. The van der Waals surface area contributed by atoms with Crippen LogP contribution in [0.25, 0.3) is 10.4 Å². The zero-order valence-electron chi connectivity index (χ0n) is 18.0. The van der Waals surface area contributed by atoms with Gasteiger partial charge in [0.2, 0.25) is 11.8 Å². The Morgan fingerprint density at radius 2 is 1.97 bits per heavy atom. The number of nitrogens with one attached hydrogen (secondary N) is 1. The number of aromatic nitrogens is 1. The third kappa shape index (κ3) is 5.24. The summed E-state index contributed by atoms with van der Waals surface area (Å²) >= 11 is 1.63. The monoisotopic (exact) mass is 413 g/mol. The van der Waals surface area contributed by atoms with Gasteiger partial charge in [0.25, 0.3) is 0 Å². The van der Waals surface area contributed by atoms with Crippen molar-refractivity contribution in [2.24, 2.45) is 5.41 Å². The van der Waals surface area contributed by atoms with Gasteiger partial charge in [-0.2, -0.15) is 0 Å². The summed E-state index contributed by atoms with van der Waals surface area (Å²) in [5.41, 5.74) is 5.00. The summed E-state index contributed by atoms with van der Waals surface area (Å²) < 4.78 is 0. The lowest BCUT2D eigenvalue weighted by molar-refractivity contribution is -0.140. The molecule has 2 atom stereocenters. The average molecular weight is 414 g/mol. The van der Waals surface area contributed by atoms with Crippen LogP contribution in [-0.2, 0) is 9.59 Å². The highest BCUT2D eigenvalue weighted by molar-refractivity contribution is 7.13. The highest BCUT2D eigenvalue weighted by Gasteiger charge is 2.35. The molecule has 1 aromatic carbocycles. The van der Waals surface area contributed by atoms with Gasteiger partial charge < -0.3 is 10.2 Å². The van der Waals surface area contributed by atoms with Crippen molar-refractivity contribution < 1.29 is 9.59 Å². The second-order valence-electron chi connectivity index (χ2n) is 9.10. The topological polar surface area (TPSA) is 62.3 Å². The van der Waals surface area contributed by atoms with Crippen molar-refractivity contribution in [3.05, 3.63) is 41.0 Å². The average Bonchev–Trinajstić information content (AvgIpc) is 3.29. The minimum absolute atomic E-state index is 0.0559. The molecule has 6 heteroatoms. The molecule has 1 saturated heterocycles. The SMILES string of the molecule is Cc1ncsc1-c1ccc(C(C)NC(=O)[C@@H]2CCCN2C(=O)CC(C)(C)C)cc1. The van der Waals surface area contributed by atoms with E-state index in [1.54, 1.807) is 16.2 Å². The minimum atomic E-state index is -0.355. The van der Waals surface area contributed by atoms with Crippen molar-refractivity contribution in [1.82, 2.24) is 15.2 Å². The first-order chi connectivity index (χ1) is 13.7. The lowest BCUT2D eigenvalue weighted by Gasteiger charge is -2.28. The molecule has 2 amide bonds. The Balaban J connectivity index is 1.64. The molecule has 1 N–H and O–H groups in total. The number of rotatable bonds is 5. The molecule has 1 unspecified atom stereocenters. The predicted molar refractivity (Wildman–Crippen MR) is 118 cm³/mol. The molecule has 2 heterocycles. The summed E-state index contributed by atoms with van der Waals surface area (Å²) in [5.74, 6) is 0.0201. The number of hydrogen-bond acceptors (Lipinski definition) is 4. The van der Waals surface area contributed by atoms with Crippen LogP contribution in [-0.4, -0.2) is 34.3 Å². The van der Waals surface area contributed by atoms with Crippen molar-refractivity contribution in [3.63, 3.8) is 0 Å². The number of carbonyl (C=O) groups excluding carboxylic acids is 2. The molecule has 1 aliphatic heterocycles. The molecular formula is C23H31N3O2S. The lowest BCUT2D eigenvalue weighted by Crippen LogP contribution is -2.47. The van der Waals surface area contributed by atoms with E-state index in [-0.39, 0.29) is 29.3 Å². The van der Waals surface area contributed by atoms with E-state index in [1.807, 2.05) is 19.4 Å². The molecule has 156 valence electrons. The second-order valence-corrected chi connectivity index (χ2v) is 9.96. The lowest BCUT2D eigenvalue weighted by atomic mass is 9.91. The van der Waals surface area contributed by atoms with Gasteiger partial charge in [-0.25, -0.2) is 4.98 Å². The fraction of sp³-hybridized carbons (Fsp3) is 0.522. The van der Waals surface area contributed by atoms with E-state index >= 15 is 0 Å². The van der Waals surface area contributed by atoms with Crippen LogP contribution in [0.2, 0.25) is 0 Å². The second kappa shape index (κ2) is 8.66. The van der Waals surface area contributed by atoms with Crippen molar-refractivity contribution in [3.8, 4) is 10.4 Å². The molecule has 3 rings (SSSR count). The summed E-state index contributed by atoms with van der Waals surface area (Å²) in [6.07, 6.45) is 2.08. The fourth-order valence-electron chi connectivity index (χ4n) is 3.79. The Morgan fingerprint density at radius 3 is 2.55 bits per heavy atom. The standard InChI is InChI=1S/C23H31N3O2S/c1-15(17-8-10-18(11-9-17)21-16(2)24-14-29-21)25-22(28)19-7-6-12-26(19)20(27)13-23(3,4)5/h8-11,14-15,19H,6-7,12-13H2,1-5H3,(H,25,28)/t15?,19-/m0/s1. The maximum absolute atomic E-state index is 12.9. The molecule has 0 saturated carbocycles. The molecule has 1 aliphatic rings. The summed E-state index contributed by atoms with van der Waals surface area (Å²) in [6, 6.07) is 7.79. The summed E-state index contributed by atoms with van der Waals surface area (Å²) in [5, 5.41) is 3.11. The molecule has 0 aliphatic carbocycles. The van der Waals surface area contributed by atoms with E-state index in [4.69, 9.17) is 0 Å². The van der Waals surface area contributed by atoms with Gasteiger partial charge in [0.05, 0.1) is 22.1 Å². The van der Waals surface area contributed by atoms with E-state index in [2.05, 4.69) is 55.3 Å². The number of thiazole rings is 1. The van der Waals surface area contributed by atoms with E-state index in [0.29, 0.717) is 13.0 Å². The molecule has 1 fully saturated rings. The predicted octanol–water partition coefficient (Wildman–Crippen LogP) is 4.72. The maximum Gasteiger partial charge on any atom is 0.243 e. The van der Waals surface area contributed by atoms with Crippen molar-refractivity contribution in [1.29, 1.82) is 0 Å². The highest BCUT2D eigenvalue weighted by atomic mass is 32.1. The first kappa shape index (κ1) is 21.5. The Labute approximate surface area is 177 Å². The molecule has 0 spiro atoms. The van der Waals surface area contributed by atoms with Crippen LogP contribution in [0, 0.1) is 12.3 Å². The van der Waals surface area contributed by atoms with E-state index in [1.165, 1.54) is 4.88 Å². The first-order valence-corrected chi connectivity index (χ1v) is 11.1. The fourth-order valence-corrected chi connectivity index (χ4v) is 4.60. The van der Waals surface area contributed by atoms with Crippen molar-refractivity contribution in [2.75, 3.05) is 6.54 Å². The van der Waals surface area contributed by atoms with Crippen LogP contribution in [0.1, 0.15) is 64.3 Å². The van der Waals surface area contributed by atoms with Gasteiger partial charge in [0.1, 0.15) is 6.04 Å². The summed E-state index contributed by atoms with van der Waals surface area (Å²) in [6.45, 7) is 10.8. The zero-order chi connectivity index (χ0) is 21.2. The molecule has 0 bridgehead atoms. The number of aryl methyl sites for hydroxylation is 1. The van der Waals surface area contributed by atoms with E-state index in [9.17, 15) is 9.59 Å². The van der Waals surface area contributed by atoms with Gasteiger partial charge in [-0.15, -0.1) is 11.3 Å². The largest absolute Gasteiger partial charge is 0.348 e. The number of carbonyl (C=O) groups is 2. The van der Waals surface area contributed by atoms with Gasteiger partial charge in [-0.1, -0.05) is 45.0 Å².